The predicted molar refractivity (Wildman–Crippen MR) is 122 cm³/mol. The van der Waals surface area contributed by atoms with Gasteiger partial charge in [0.15, 0.2) is 0 Å². The number of para-hydroxylation sites is 1. The van der Waals surface area contributed by atoms with Gasteiger partial charge in [-0.25, -0.2) is 0 Å². The van der Waals surface area contributed by atoms with Crippen molar-refractivity contribution in [3.8, 4) is 11.1 Å². The summed E-state index contributed by atoms with van der Waals surface area (Å²) in [5, 5.41) is 0. The van der Waals surface area contributed by atoms with Crippen LogP contribution in [0.3, 0.4) is 0 Å². The van der Waals surface area contributed by atoms with Gasteiger partial charge >= 0.3 is 0 Å². The van der Waals surface area contributed by atoms with E-state index in [1.165, 1.54) is 39.2 Å². The average Bonchev–Trinajstić information content (AvgIpc) is 2.88. The summed E-state index contributed by atoms with van der Waals surface area (Å²) in [5.74, 6) is 0. The standard InChI is InChI=1S/C27H31N/c1-7-19-17-24-22(21-15-11-12-16-23(21)27(24,5)6)18-25(19)28(26(2,3)4)20-13-9-8-10-14-20/h8-18H,7H2,1-6H3. The minimum atomic E-state index is -0.0207. The van der Waals surface area contributed by atoms with Crippen molar-refractivity contribution < 1.29 is 0 Å². The number of hydrogen-bond acceptors (Lipinski definition) is 1. The van der Waals surface area contributed by atoms with Gasteiger partial charge in [-0.05, 0) is 73.2 Å². The molecule has 0 saturated heterocycles. The van der Waals surface area contributed by atoms with E-state index in [0.717, 1.165) is 6.42 Å². The second-order valence-electron chi connectivity index (χ2n) is 9.39. The molecule has 0 heterocycles. The number of fused-ring (bicyclic) bond motifs is 3. The fourth-order valence-corrected chi connectivity index (χ4v) is 4.74. The highest BCUT2D eigenvalue weighted by Gasteiger charge is 2.37. The van der Waals surface area contributed by atoms with E-state index in [1.54, 1.807) is 0 Å². The Labute approximate surface area is 170 Å². The molecule has 4 rings (SSSR count). The molecule has 0 radical (unpaired) electrons. The zero-order valence-electron chi connectivity index (χ0n) is 18.0. The van der Waals surface area contributed by atoms with Crippen molar-refractivity contribution in [2.24, 2.45) is 0 Å². The van der Waals surface area contributed by atoms with Crippen molar-refractivity contribution >= 4 is 11.4 Å². The average molecular weight is 370 g/mol. The zero-order valence-corrected chi connectivity index (χ0v) is 18.0. The SMILES string of the molecule is CCc1cc2c(cc1N(c1ccccc1)C(C)(C)C)-c1ccccc1C2(C)C. The van der Waals surface area contributed by atoms with Crippen molar-refractivity contribution in [1.29, 1.82) is 0 Å². The molecular weight excluding hydrogens is 338 g/mol. The van der Waals surface area contributed by atoms with Gasteiger partial charge in [0.25, 0.3) is 0 Å². The van der Waals surface area contributed by atoms with E-state index in [1.807, 2.05) is 0 Å². The highest BCUT2D eigenvalue weighted by atomic mass is 15.2. The molecule has 28 heavy (non-hydrogen) atoms. The van der Waals surface area contributed by atoms with Crippen LogP contribution < -0.4 is 4.90 Å². The Balaban J connectivity index is 2.00. The lowest BCUT2D eigenvalue weighted by Crippen LogP contribution is -2.38. The maximum absolute atomic E-state index is 2.50. The van der Waals surface area contributed by atoms with Gasteiger partial charge in [0, 0.05) is 22.3 Å². The first-order valence-electron chi connectivity index (χ1n) is 10.4. The molecule has 0 bridgehead atoms. The van der Waals surface area contributed by atoms with Crippen LogP contribution in [-0.2, 0) is 11.8 Å². The zero-order chi connectivity index (χ0) is 20.1. The molecule has 0 spiro atoms. The molecule has 3 aromatic rings. The number of nitrogens with zero attached hydrogens (tertiary/aromatic N) is 1. The predicted octanol–water partition coefficient (Wildman–Crippen LogP) is 7.49. The third-order valence-electron chi connectivity index (χ3n) is 6.09. The molecule has 1 heteroatoms. The topological polar surface area (TPSA) is 3.24 Å². The van der Waals surface area contributed by atoms with Crippen LogP contribution in [-0.4, -0.2) is 5.54 Å². The molecular formula is C27H31N. The molecule has 144 valence electrons. The maximum atomic E-state index is 2.50. The van der Waals surface area contributed by atoms with Crippen LogP contribution in [0.4, 0.5) is 11.4 Å². The Kier molecular flexibility index (Phi) is 4.38. The van der Waals surface area contributed by atoms with Crippen LogP contribution in [0.25, 0.3) is 11.1 Å². The first-order valence-corrected chi connectivity index (χ1v) is 10.4. The number of rotatable bonds is 3. The van der Waals surface area contributed by atoms with Gasteiger partial charge in [-0.15, -0.1) is 0 Å². The van der Waals surface area contributed by atoms with E-state index in [-0.39, 0.29) is 11.0 Å². The number of hydrogen-bond donors (Lipinski definition) is 0. The number of anilines is 2. The second kappa shape index (κ2) is 6.51. The fourth-order valence-electron chi connectivity index (χ4n) is 4.74. The summed E-state index contributed by atoms with van der Waals surface area (Å²) in [5.41, 5.74) is 9.68. The summed E-state index contributed by atoms with van der Waals surface area (Å²) in [6.45, 7) is 13.9. The number of aryl methyl sites for hydroxylation is 1. The minimum Gasteiger partial charge on any atom is -0.336 e. The molecule has 3 aromatic carbocycles. The Morgan fingerprint density at radius 2 is 1.43 bits per heavy atom. The molecule has 0 atom stereocenters. The molecule has 0 amide bonds. The number of benzene rings is 3. The van der Waals surface area contributed by atoms with Crippen LogP contribution >= 0.6 is 0 Å². The van der Waals surface area contributed by atoms with Crippen LogP contribution in [0.2, 0.25) is 0 Å². The maximum Gasteiger partial charge on any atom is 0.0454 e. The van der Waals surface area contributed by atoms with Crippen LogP contribution in [0.1, 0.15) is 58.2 Å². The summed E-state index contributed by atoms with van der Waals surface area (Å²) in [7, 11) is 0. The third-order valence-corrected chi connectivity index (χ3v) is 6.09. The van der Waals surface area contributed by atoms with Crippen LogP contribution in [0, 0.1) is 0 Å². The van der Waals surface area contributed by atoms with E-state index in [2.05, 4.69) is 113 Å². The van der Waals surface area contributed by atoms with Crippen molar-refractivity contribution in [3.63, 3.8) is 0 Å². The summed E-state index contributed by atoms with van der Waals surface area (Å²) in [6, 6.07) is 24.6. The molecule has 0 N–H and O–H groups in total. The molecule has 0 aromatic heterocycles. The van der Waals surface area contributed by atoms with Crippen molar-refractivity contribution in [3.05, 3.63) is 83.4 Å². The minimum absolute atomic E-state index is 0.0207. The third kappa shape index (κ3) is 2.85. The van der Waals surface area contributed by atoms with Gasteiger partial charge in [0.2, 0.25) is 0 Å². The lowest BCUT2D eigenvalue weighted by Gasteiger charge is -2.39. The Morgan fingerprint density at radius 3 is 2.07 bits per heavy atom. The smallest absolute Gasteiger partial charge is 0.0454 e. The second-order valence-corrected chi connectivity index (χ2v) is 9.39. The van der Waals surface area contributed by atoms with Crippen molar-refractivity contribution in [1.82, 2.24) is 0 Å². The highest BCUT2D eigenvalue weighted by molar-refractivity contribution is 5.85. The van der Waals surface area contributed by atoms with E-state index in [4.69, 9.17) is 0 Å². The van der Waals surface area contributed by atoms with E-state index < -0.39 is 0 Å². The van der Waals surface area contributed by atoms with Gasteiger partial charge in [0.1, 0.15) is 0 Å². The molecule has 1 nitrogen and oxygen atoms in total. The molecule has 0 saturated carbocycles. The first kappa shape index (κ1) is 18.8. The normalized spacial score (nSPS) is 14.5. The van der Waals surface area contributed by atoms with Gasteiger partial charge in [-0.3, -0.25) is 0 Å². The molecule has 1 aliphatic carbocycles. The Hall–Kier alpha value is -2.54. The summed E-state index contributed by atoms with van der Waals surface area (Å²) >= 11 is 0. The summed E-state index contributed by atoms with van der Waals surface area (Å²) < 4.78 is 0. The van der Waals surface area contributed by atoms with E-state index >= 15 is 0 Å². The van der Waals surface area contributed by atoms with Crippen molar-refractivity contribution in [2.45, 2.75) is 58.9 Å². The van der Waals surface area contributed by atoms with Crippen LogP contribution in [0.5, 0.6) is 0 Å². The Morgan fingerprint density at radius 1 is 0.786 bits per heavy atom. The molecule has 0 fully saturated rings. The van der Waals surface area contributed by atoms with Gasteiger partial charge in [-0.1, -0.05) is 69.3 Å². The van der Waals surface area contributed by atoms with Gasteiger partial charge in [0.05, 0.1) is 0 Å². The summed E-state index contributed by atoms with van der Waals surface area (Å²) in [4.78, 5) is 2.50. The molecule has 0 aliphatic heterocycles. The van der Waals surface area contributed by atoms with Crippen molar-refractivity contribution in [2.75, 3.05) is 4.90 Å². The lowest BCUT2D eigenvalue weighted by molar-refractivity contribution is 0.558. The Bertz CT molecular complexity index is 1010. The molecule has 1 aliphatic rings. The van der Waals surface area contributed by atoms with E-state index in [0.29, 0.717) is 0 Å². The largest absolute Gasteiger partial charge is 0.336 e. The highest BCUT2D eigenvalue weighted by Crippen LogP contribution is 2.51. The first-order chi connectivity index (χ1) is 13.2. The monoisotopic (exact) mass is 369 g/mol. The lowest BCUT2D eigenvalue weighted by atomic mass is 9.81. The van der Waals surface area contributed by atoms with E-state index in [9.17, 15) is 0 Å². The molecule has 0 unspecified atom stereocenters. The quantitative estimate of drug-likeness (QED) is 0.462. The fraction of sp³-hybridized carbons (Fsp3) is 0.333. The van der Waals surface area contributed by atoms with Gasteiger partial charge < -0.3 is 4.90 Å². The van der Waals surface area contributed by atoms with Crippen LogP contribution in [0.15, 0.2) is 66.7 Å². The van der Waals surface area contributed by atoms with Gasteiger partial charge in [-0.2, -0.15) is 0 Å². The summed E-state index contributed by atoms with van der Waals surface area (Å²) in [6.07, 6.45) is 1.02.